The van der Waals surface area contributed by atoms with E-state index in [1.807, 2.05) is 23.1 Å². The zero-order valence-electron chi connectivity index (χ0n) is 11.1. The Balaban J connectivity index is 2.00. The van der Waals surface area contributed by atoms with Gasteiger partial charge in [-0.2, -0.15) is 0 Å². The lowest BCUT2D eigenvalue weighted by Gasteiger charge is -2.23. The monoisotopic (exact) mass is 286 g/mol. The molecule has 0 fully saturated rings. The van der Waals surface area contributed by atoms with E-state index in [9.17, 15) is 4.79 Å². The highest BCUT2D eigenvalue weighted by Crippen LogP contribution is 2.33. The first-order chi connectivity index (χ1) is 9.58. The van der Waals surface area contributed by atoms with Crippen molar-refractivity contribution in [2.24, 2.45) is 0 Å². The molecule has 0 aliphatic carbocycles. The summed E-state index contributed by atoms with van der Waals surface area (Å²) < 4.78 is 0. The van der Waals surface area contributed by atoms with E-state index in [0.29, 0.717) is 16.3 Å². The van der Waals surface area contributed by atoms with Gasteiger partial charge in [-0.05, 0) is 43.2 Å². The van der Waals surface area contributed by atoms with Gasteiger partial charge in [0.25, 0.3) is 5.91 Å². The van der Waals surface area contributed by atoms with Crippen LogP contribution in [0.3, 0.4) is 0 Å². The van der Waals surface area contributed by atoms with Crippen LogP contribution in [-0.4, -0.2) is 11.9 Å². The number of para-hydroxylation sites is 1. The molecule has 1 aliphatic rings. The van der Waals surface area contributed by atoms with Crippen molar-refractivity contribution in [1.29, 1.82) is 0 Å². The number of halogens is 1. The van der Waals surface area contributed by atoms with Crippen molar-refractivity contribution < 1.29 is 4.79 Å². The van der Waals surface area contributed by atoms with Crippen LogP contribution < -0.4 is 10.6 Å². The second kappa shape index (κ2) is 4.84. The van der Waals surface area contributed by atoms with Crippen molar-refractivity contribution in [1.82, 2.24) is 0 Å². The van der Waals surface area contributed by atoms with Crippen LogP contribution in [0.15, 0.2) is 42.5 Å². The molecule has 3 rings (SSSR count). The Morgan fingerprint density at radius 1 is 1.30 bits per heavy atom. The molecule has 2 aromatic carbocycles. The number of anilines is 2. The first-order valence-corrected chi connectivity index (χ1v) is 6.92. The molecule has 0 aromatic heterocycles. The van der Waals surface area contributed by atoms with Crippen molar-refractivity contribution in [3.8, 4) is 0 Å². The first-order valence-electron chi connectivity index (χ1n) is 6.54. The minimum absolute atomic E-state index is 0.0363. The van der Waals surface area contributed by atoms with Crippen LogP contribution in [-0.2, 0) is 6.42 Å². The number of benzene rings is 2. The van der Waals surface area contributed by atoms with Crippen LogP contribution >= 0.6 is 11.6 Å². The summed E-state index contributed by atoms with van der Waals surface area (Å²) in [6.07, 6.45) is 0.880. The average molecular weight is 287 g/mol. The van der Waals surface area contributed by atoms with Crippen LogP contribution in [0.5, 0.6) is 0 Å². The third kappa shape index (κ3) is 2.04. The molecule has 3 nitrogen and oxygen atoms in total. The third-order valence-corrected chi connectivity index (χ3v) is 4.01. The zero-order chi connectivity index (χ0) is 14.3. The highest BCUT2D eigenvalue weighted by Gasteiger charge is 2.31. The molecular weight excluding hydrogens is 272 g/mol. The van der Waals surface area contributed by atoms with E-state index >= 15 is 0 Å². The lowest BCUT2D eigenvalue weighted by molar-refractivity contribution is 0.0981. The van der Waals surface area contributed by atoms with E-state index in [1.54, 1.807) is 18.2 Å². The number of hydrogen-bond acceptors (Lipinski definition) is 2. The van der Waals surface area contributed by atoms with Gasteiger partial charge < -0.3 is 10.6 Å². The second-order valence-corrected chi connectivity index (χ2v) is 5.50. The van der Waals surface area contributed by atoms with Gasteiger partial charge in [0.2, 0.25) is 0 Å². The standard InChI is InChI=1S/C16H15ClN2O/c1-10-8-11-4-2-3-5-15(11)19(10)16(20)12-6-7-13(17)14(18)9-12/h2-7,9-10H,8,18H2,1H3. The molecule has 4 heteroatoms. The van der Waals surface area contributed by atoms with E-state index in [1.165, 1.54) is 5.56 Å². The maximum atomic E-state index is 12.7. The lowest BCUT2D eigenvalue weighted by Crippen LogP contribution is -2.35. The fraction of sp³-hybridized carbons (Fsp3) is 0.188. The summed E-state index contributed by atoms with van der Waals surface area (Å²) in [5.41, 5.74) is 8.97. The summed E-state index contributed by atoms with van der Waals surface area (Å²) in [4.78, 5) is 14.5. The predicted molar refractivity (Wildman–Crippen MR) is 82.3 cm³/mol. The van der Waals surface area contributed by atoms with E-state index < -0.39 is 0 Å². The van der Waals surface area contributed by atoms with E-state index in [2.05, 4.69) is 13.0 Å². The molecule has 1 aliphatic heterocycles. The minimum Gasteiger partial charge on any atom is -0.398 e. The van der Waals surface area contributed by atoms with E-state index in [0.717, 1.165) is 12.1 Å². The Bertz CT molecular complexity index is 684. The lowest BCUT2D eigenvalue weighted by atomic mass is 10.1. The molecule has 1 heterocycles. The van der Waals surface area contributed by atoms with Gasteiger partial charge in [0.15, 0.2) is 0 Å². The highest BCUT2D eigenvalue weighted by molar-refractivity contribution is 6.33. The molecular formula is C16H15ClN2O. The Morgan fingerprint density at radius 3 is 2.80 bits per heavy atom. The van der Waals surface area contributed by atoms with Gasteiger partial charge in [-0.25, -0.2) is 0 Å². The molecule has 0 saturated heterocycles. The minimum atomic E-state index is -0.0363. The SMILES string of the molecule is CC1Cc2ccccc2N1C(=O)c1ccc(Cl)c(N)c1. The van der Waals surface area contributed by atoms with E-state index in [-0.39, 0.29) is 11.9 Å². The van der Waals surface area contributed by atoms with Gasteiger partial charge in [-0.15, -0.1) is 0 Å². The molecule has 102 valence electrons. The van der Waals surface area contributed by atoms with Crippen LogP contribution in [0.1, 0.15) is 22.8 Å². The molecule has 0 spiro atoms. The van der Waals surface area contributed by atoms with E-state index in [4.69, 9.17) is 17.3 Å². The highest BCUT2D eigenvalue weighted by atomic mass is 35.5. The summed E-state index contributed by atoms with van der Waals surface area (Å²) in [5.74, 6) is -0.0363. The summed E-state index contributed by atoms with van der Waals surface area (Å²) >= 11 is 5.90. The third-order valence-electron chi connectivity index (χ3n) is 3.67. The maximum absolute atomic E-state index is 12.7. The quantitative estimate of drug-likeness (QED) is 0.816. The summed E-state index contributed by atoms with van der Waals surface area (Å²) in [7, 11) is 0. The number of nitrogens with two attached hydrogens (primary N) is 1. The van der Waals surface area contributed by atoms with Crippen LogP contribution in [0.2, 0.25) is 5.02 Å². The summed E-state index contributed by atoms with van der Waals surface area (Å²) in [6.45, 7) is 2.05. The molecule has 20 heavy (non-hydrogen) atoms. The fourth-order valence-corrected chi connectivity index (χ4v) is 2.81. The number of nitrogens with zero attached hydrogens (tertiary/aromatic N) is 1. The second-order valence-electron chi connectivity index (χ2n) is 5.09. The molecule has 0 radical (unpaired) electrons. The largest absolute Gasteiger partial charge is 0.398 e. The van der Waals surface area contributed by atoms with Crippen LogP contribution in [0.25, 0.3) is 0 Å². The fourth-order valence-electron chi connectivity index (χ4n) is 2.69. The van der Waals surface area contributed by atoms with Gasteiger partial charge in [-0.1, -0.05) is 29.8 Å². The number of carbonyl (C=O) groups excluding carboxylic acids is 1. The average Bonchev–Trinajstić information content (AvgIpc) is 2.77. The normalized spacial score (nSPS) is 17.1. The first kappa shape index (κ1) is 13.0. The molecule has 0 saturated carbocycles. The smallest absolute Gasteiger partial charge is 0.258 e. The van der Waals surface area contributed by atoms with Gasteiger partial charge in [0, 0.05) is 17.3 Å². The van der Waals surface area contributed by atoms with Gasteiger partial charge in [0.1, 0.15) is 0 Å². The Labute approximate surface area is 123 Å². The van der Waals surface area contributed by atoms with Gasteiger partial charge in [-0.3, -0.25) is 4.79 Å². The molecule has 0 bridgehead atoms. The summed E-state index contributed by atoms with van der Waals surface area (Å²) in [6, 6.07) is 13.2. The number of hydrogen-bond donors (Lipinski definition) is 1. The Morgan fingerprint density at radius 2 is 2.05 bits per heavy atom. The van der Waals surface area contributed by atoms with Crippen LogP contribution in [0.4, 0.5) is 11.4 Å². The molecule has 2 aromatic rings. The summed E-state index contributed by atoms with van der Waals surface area (Å²) in [5, 5.41) is 0.469. The van der Waals surface area contributed by atoms with Crippen molar-refractivity contribution in [3.05, 3.63) is 58.6 Å². The number of nitrogen functional groups attached to an aromatic ring is 1. The van der Waals surface area contributed by atoms with Crippen molar-refractivity contribution in [2.45, 2.75) is 19.4 Å². The molecule has 2 N–H and O–H groups in total. The van der Waals surface area contributed by atoms with Crippen molar-refractivity contribution >= 4 is 28.9 Å². The maximum Gasteiger partial charge on any atom is 0.258 e. The number of fused-ring (bicyclic) bond motifs is 1. The number of rotatable bonds is 1. The molecule has 1 atom stereocenters. The molecule has 1 amide bonds. The predicted octanol–water partition coefficient (Wildman–Crippen LogP) is 3.51. The number of carbonyl (C=O) groups is 1. The van der Waals surface area contributed by atoms with Gasteiger partial charge in [0.05, 0.1) is 10.7 Å². The number of amides is 1. The Hall–Kier alpha value is -2.00. The molecule has 1 unspecified atom stereocenters. The zero-order valence-corrected chi connectivity index (χ0v) is 11.9. The topological polar surface area (TPSA) is 46.3 Å². The Kier molecular flexibility index (Phi) is 3.14. The van der Waals surface area contributed by atoms with Crippen molar-refractivity contribution in [3.63, 3.8) is 0 Å². The van der Waals surface area contributed by atoms with Crippen molar-refractivity contribution in [2.75, 3.05) is 10.6 Å². The van der Waals surface area contributed by atoms with Crippen LogP contribution in [0, 0.1) is 0 Å². The van der Waals surface area contributed by atoms with Gasteiger partial charge >= 0.3 is 0 Å².